The van der Waals surface area contributed by atoms with E-state index in [1.807, 2.05) is 24.4 Å². The van der Waals surface area contributed by atoms with E-state index in [4.69, 9.17) is 16.2 Å². The lowest BCUT2D eigenvalue weighted by atomic mass is 9.94. The molecule has 0 bridgehead atoms. The smallest absolute Gasteiger partial charge is 0.221 e. The highest BCUT2D eigenvalue weighted by molar-refractivity contribution is 5.85. The Kier molecular flexibility index (Phi) is 3.13. The standard InChI is InChI=1S/C15H17N5O/c1-8(12-7-19-15(17)20-14(12)16)11-6-18-13-4-3-9(21-2)5-10(11)13/h3-8,18H,1-2H3,(H4,16,17,19,20). The van der Waals surface area contributed by atoms with E-state index in [9.17, 15) is 0 Å². The summed E-state index contributed by atoms with van der Waals surface area (Å²) in [4.78, 5) is 11.3. The van der Waals surface area contributed by atoms with Crippen LogP contribution < -0.4 is 16.2 Å². The maximum atomic E-state index is 5.96. The topological polar surface area (TPSA) is 103 Å². The molecule has 1 aromatic carbocycles. The minimum Gasteiger partial charge on any atom is -0.497 e. The van der Waals surface area contributed by atoms with Crippen LogP contribution in [0.1, 0.15) is 24.0 Å². The van der Waals surface area contributed by atoms with Gasteiger partial charge in [0.15, 0.2) is 0 Å². The zero-order chi connectivity index (χ0) is 15.0. The highest BCUT2D eigenvalue weighted by Crippen LogP contribution is 2.33. The summed E-state index contributed by atoms with van der Waals surface area (Å²) in [7, 11) is 1.66. The maximum Gasteiger partial charge on any atom is 0.221 e. The van der Waals surface area contributed by atoms with Crippen molar-refractivity contribution in [1.82, 2.24) is 15.0 Å². The first kappa shape index (κ1) is 13.2. The third kappa shape index (κ3) is 2.24. The molecule has 1 atom stereocenters. The summed E-state index contributed by atoms with van der Waals surface area (Å²) in [6.45, 7) is 2.06. The van der Waals surface area contributed by atoms with E-state index >= 15 is 0 Å². The maximum absolute atomic E-state index is 5.96. The van der Waals surface area contributed by atoms with Crippen LogP contribution >= 0.6 is 0 Å². The van der Waals surface area contributed by atoms with E-state index in [0.29, 0.717) is 5.82 Å². The molecule has 2 heterocycles. The van der Waals surface area contributed by atoms with Crippen molar-refractivity contribution < 1.29 is 4.74 Å². The molecule has 0 aliphatic rings. The lowest BCUT2D eigenvalue weighted by Gasteiger charge is -2.13. The van der Waals surface area contributed by atoms with Gasteiger partial charge in [0.05, 0.1) is 7.11 Å². The molecule has 2 aromatic heterocycles. The molecule has 3 rings (SSSR count). The number of hydrogen-bond donors (Lipinski definition) is 3. The minimum atomic E-state index is 0.0476. The summed E-state index contributed by atoms with van der Waals surface area (Å²) in [6, 6.07) is 5.92. The molecule has 0 saturated carbocycles. The molecular formula is C15H17N5O. The summed E-state index contributed by atoms with van der Waals surface area (Å²) in [5, 5.41) is 1.10. The Morgan fingerprint density at radius 3 is 2.76 bits per heavy atom. The number of nitrogen functional groups attached to an aromatic ring is 2. The van der Waals surface area contributed by atoms with Gasteiger partial charge in [0.1, 0.15) is 11.6 Å². The van der Waals surface area contributed by atoms with Gasteiger partial charge in [-0.15, -0.1) is 0 Å². The van der Waals surface area contributed by atoms with Crippen LogP contribution in [0.4, 0.5) is 11.8 Å². The average molecular weight is 283 g/mol. The van der Waals surface area contributed by atoms with Gasteiger partial charge in [0, 0.05) is 34.8 Å². The van der Waals surface area contributed by atoms with Gasteiger partial charge >= 0.3 is 0 Å². The number of hydrogen-bond acceptors (Lipinski definition) is 5. The van der Waals surface area contributed by atoms with Crippen molar-refractivity contribution in [3.05, 3.63) is 41.7 Å². The van der Waals surface area contributed by atoms with Crippen LogP contribution in [-0.2, 0) is 0 Å². The Hall–Kier alpha value is -2.76. The Morgan fingerprint density at radius 1 is 1.24 bits per heavy atom. The van der Waals surface area contributed by atoms with Gasteiger partial charge in [-0.05, 0) is 23.8 Å². The summed E-state index contributed by atoms with van der Waals surface area (Å²) in [6.07, 6.45) is 3.66. The highest BCUT2D eigenvalue weighted by Gasteiger charge is 2.17. The van der Waals surface area contributed by atoms with E-state index in [1.165, 1.54) is 0 Å². The molecule has 0 fully saturated rings. The molecule has 3 aromatic rings. The second-order valence-electron chi connectivity index (χ2n) is 4.95. The van der Waals surface area contributed by atoms with Crippen LogP contribution in [0.3, 0.4) is 0 Å². The lowest BCUT2D eigenvalue weighted by Crippen LogP contribution is -2.06. The minimum absolute atomic E-state index is 0.0476. The largest absolute Gasteiger partial charge is 0.497 e. The third-order valence-corrected chi connectivity index (χ3v) is 3.72. The summed E-state index contributed by atoms with van der Waals surface area (Å²) < 4.78 is 5.29. The van der Waals surface area contributed by atoms with Crippen molar-refractivity contribution in [1.29, 1.82) is 0 Å². The van der Waals surface area contributed by atoms with Crippen molar-refractivity contribution in [3.63, 3.8) is 0 Å². The quantitative estimate of drug-likeness (QED) is 0.684. The fraction of sp³-hybridized carbons (Fsp3) is 0.200. The highest BCUT2D eigenvalue weighted by atomic mass is 16.5. The van der Waals surface area contributed by atoms with Gasteiger partial charge < -0.3 is 21.2 Å². The van der Waals surface area contributed by atoms with Crippen molar-refractivity contribution in [3.8, 4) is 5.75 Å². The Labute approximate surface area is 122 Å². The van der Waals surface area contributed by atoms with Gasteiger partial charge in [-0.2, -0.15) is 4.98 Å². The Morgan fingerprint density at radius 2 is 2.05 bits per heavy atom. The van der Waals surface area contributed by atoms with E-state index in [2.05, 4.69) is 21.9 Å². The van der Waals surface area contributed by atoms with Gasteiger partial charge in [0.2, 0.25) is 5.95 Å². The van der Waals surface area contributed by atoms with Crippen LogP contribution in [0, 0.1) is 0 Å². The first-order chi connectivity index (χ1) is 10.1. The zero-order valence-corrected chi connectivity index (χ0v) is 11.9. The van der Waals surface area contributed by atoms with E-state index in [-0.39, 0.29) is 11.9 Å². The zero-order valence-electron chi connectivity index (χ0n) is 11.9. The van der Waals surface area contributed by atoms with Crippen LogP contribution in [0.15, 0.2) is 30.6 Å². The molecular weight excluding hydrogens is 266 g/mol. The van der Waals surface area contributed by atoms with Crippen molar-refractivity contribution in [2.75, 3.05) is 18.6 Å². The third-order valence-electron chi connectivity index (χ3n) is 3.72. The molecule has 108 valence electrons. The number of benzene rings is 1. The number of aromatic nitrogens is 3. The number of ether oxygens (including phenoxy) is 1. The Balaban J connectivity index is 2.10. The fourth-order valence-corrected chi connectivity index (χ4v) is 2.53. The van der Waals surface area contributed by atoms with Gasteiger partial charge in [-0.25, -0.2) is 4.98 Å². The van der Waals surface area contributed by atoms with Crippen LogP contribution in [0.5, 0.6) is 5.75 Å². The van der Waals surface area contributed by atoms with Crippen molar-refractivity contribution >= 4 is 22.7 Å². The fourth-order valence-electron chi connectivity index (χ4n) is 2.53. The van der Waals surface area contributed by atoms with E-state index in [1.54, 1.807) is 13.3 Å². The monoisotopic (exact) mass is 283 g/mol. The molecule has 6 heteroatoms. The summed E-state index contributed by atoms with van der Waals surface area (Å²) in [5.74, 6) is 1.46. The number of nitrogens with two attached hydrogens (primary N) is 2. The average Bonchev–Trinajstić information content (AvgIpc) is 2.89. The lowest BCUT2D eigenvalue weighted by molar-refractivity contribution is 0.415. The molecule has 0 amide bonds. The molecule has 1 unspecified atom stereocenters. The first-order valence-corrected chi connectivity index (χ1v) is 6.63. The number of nitrogens with zero attached hydrogens (tertiary/aromatic N) is 2. The number of nitrogens with one attached hydrogen (secondary N) is 1. The molecule has 0 saturated heterocycles. The number of aromatic amines is 1. The number of methoxy groups -OCH3 is 1. The van der Waals surface area contributed by atoms with Crippen molar-refractivity contribution in [2.24, 2.45) is 0 Å². The molecule has 0 spiro atoms. The second kappa shape index (κ2) is 4.97. The van der Waals surface area contributed by atoms with Gasteiger partial charge in [-0.3, -0.25) is 0 Å². The van der Waals surface area contributed by atoms with E-state index in [0.717, 1.165) is 27.8 Å². The number of fused-ring (bicyclic) bond motifs is 1. The molecule has 21 heavy (non-hydrogen) atoms. The van der Waals surface area contributed by atoms with Gasteiger partial charge in [0.25, 0.3) is 0 Å². The first-order valence-electron chi connectivity index (χ1n) is 6.63. The number of anilines is 2. The van der Waals surface area contributed by atoms with Crippen LogP contribution in [0.25, 0.3) is 10.9 Å². The molecule has 5 N–H and O–H groups in total. The molecule has 6 nitrogen and oxygen atoms in total. The second-order valence-corrected chi connectivity index (χ2v) is 4.95. The predicted octanol–water partition coefficient (Wildman–Crippen LogP) is 2.28. The molecule has 0 aliphatic carbocycles. The van der Waals surface area contributed by atoms with Crippen LogP contribution in [0.2, 0.25) is 0 Å². The van der Waals surface area contributed by atoms with E-state index < -0.39 is 0 Å². The Bertz CT molecular complexity index is 796. The number of rotatable bonds is 3. The normalized spacial score (nSPS) is 12.5. The SMILES string of the molecule is COc1ccc2[nH]cc(C(C)c3cnc(N)nc3N)c2c1. The predicted molar refractivity (Wildman–Crippen MR) is 83.2 cm³/mol. The molecule has 0 radical (unpaired) electrons. The van der Waals surface area contributed by atoms with Crippen LogP contribution in [-0.4, -0.2) is 22.1 Å². The molecule has 0 aliphatic heterocycles. The summed E-state index contributed by atoms with van der Waals surface area (Å²) >= 11 is 0. The van der Waals surface area contributed by atoms with Gasteiger partial charge in [-0.1, -0.05) is 6.92 Å². The van der Waals surface area contributed by atoms with Crippen molar-refractivity contribution in [2.45, 2.75) is 12.8 Å². The summed E-state index contributed by atoms with van der Waals surface area (Å²) in [5.41, 5.74) is 14.5. The number of H-pyrrole nitrogens is 1.